The fourth-order valence-electron chi connectivity index (χ4n) is 4.24. The number of halogens is 1. The van der Waals surface area contributed by atoms with Crippen LogP contribution in [0.2, 0.25) is 0 Å². The largest absolute Gasteiger partial charge is 0.478 e. The zero-order valence-corrected chi connectivity index (χ0v) is 20.4. The zero-order valence-electron chi connectivity index (χ0n) is 20.4. The number of amides is 1. The average Bonchev–Trinajstić information content (AvgIpc) is 3.25. The van der Waals surface area contributed by atoms with E-state index >= 15 is 0 Å². The van der Waals surface area contributed by atoms with Crippen molar-refractivity contribution in [2.24, 2.45) is 0 Å². The Morgan fingerprint density at radius 1 is 1.00 bits per heavy atom. The number of cyclic esters (lactones) is 1. The molecule has 2 N–H and O–H groups in total. The summed E-state index contributed by atoms with van der Waals surface area (Å²) >= 11 is 0. The number of morpholine rings is 1. The van der Waals surface area contributed by atoms with Gasteiger partial charge in [0.1, 0.15) is 11.9 Å². The Bertz CT molecular complexity index is 1040. The highest BCUT2D eigenvalue weighted by Gasteiger charge is 2.36. The van der Waals surface area contributed by atoms with Gasteiger partial charge in [0, 0.05) is 38.2 Å². The van der Waals surface area contributed by atoms with Gasteiger partial charge in [0.05, 0.1) is 25.8 Å². The lowest BCUT2D eigenvalue weighted by molar-refractivity contribution is -0.134. The van der Waals surface area contributed by atoms with Gasteiger partial charge in [-0.05, 0) is 29.7 Å². The van der Waals surface area contributed by atoms with Gasteiger partial charge in [0.15, 0.2) is 0 Å². The van der Waals surface area contributed by atoms with Crippen LogP contribution < -0.4 is 0 Å². The normalized spacial score (nSPS) is 18.7. The summed E-state index contributed by atoms with van der Waals surface area (Å²) in [5.41, 5.74) is 2.09. The van der Waals surface area contributed by atoms with Crippen molar-refractivity contribution in [3.05, 3.63) is 83.7 Å². The maximum absolute atomic E-state index is 13.2. The van der Waals surface area contributed by atoms with Crippen LogP contribution in [0.4, 0.5) is 9.18 Å². The van der Waals surface area contributed by atoms with E-state index in [0.29, 0.717) is 25.1 Å². The zero-order chi connectivity index (χ0) is 26.6. The smallest absolute Gasteiger partial charge is 0.410 e. The first kappa shape index (κ1) is 27.8. The van der Waals surface area contributed by atoms with E-state index in [-0.39, 0.29) is 24.1 Å². The molecule has 2 fully saturated rings. The number of benzene rings is 2. The Morgan fingerprint density at radius 3 is 2.22 bits per heavy atom. The highest BCUT2D eigenvalue weighted by atomic mass is 19.1. The molecular formula is C27H31FN2O7. The predicted octanol–water partition coefficient (Wildman–Crippen LogP) is 3.36. The van der Waals surface area contributed by atoms with Crippen molar-refractivity contribution in [3.8, 4) is 0 Å². The minimum atomic E-state index is -1.26. The number of rotatable bonds is 9. The summed E-state index contributed by atoms with van der Waals surface area (Å²) in [5, 5.41) is 15.6. The highest BCUT2D eigenvalue weighted by Crippen LogP contribution is 2.30. The molecule has 0 spiro atoms. The summed E-state index contributed by atoms with van der Waals surface area (Å²) in [7, 11) is 0. The van der Waals surface area contributed by atoms with Gasteiger partial charge in [-0.25, -0.2) is 18.8 Å². The number of carbonyl (C=O) groups is 3. The van der Waals surface area contributed by atoms with Crippen molar-refractivity contribution in [3.63, 3.8) is 0 Å². The summed E-state index contributed by atoms with van der Waals surface area (Å²) in [6, 6.07) is 16.5. The summed E-state index contributed by atoms with van der Waals surface area (Å²) in [4.78, 5) is 36.0. The molecule has 2 unspecified atom stereocenters. The lowest BCUT2D eigenvalue weighted by Gasteiger charge is -2.31. The number of ether oxygens (including phenoxy) is 2. The van der Waals surface area contributed by atoms with Crippen LogP contribution in [0, 0.1) is 5.82 Å². The topological polar surface area (TPSA) is 117 Å². The number of carbonyl (C=O) groups excluding carboxylic acids is 1. The summed E-state index contributed by atoms with van der Waals surface area (Å²) in [5.74, 6) is -2.77. The van der Waals surface area contributed by atoms with Crippen molar-refractivity contribution in [1.82, 2.24) is 9.80 Å². The van der Waals surface area contributed by atoms with Crippen LogP contribution in [0.25, 0.3) is 0 Å². The van der Waals surface area contributed by atoms with Gasteiger partial charge in [-0.3, -0.25) is 9.80 Å². The Balaban J connectivity index is 0.000000414. The molecule has 0 aromatic heterocycles. The van der Waals surface area contributed by atoms with Crippen LogP contribution in [0.3, 0.4) is 0 Å². The Morgan fingerprint density at radius 2 is 1.62 bits per heavy atom. The molecule has 198 valence electrons. The van der Waals surface area contributed by atoms with Crippen molar-refractivity contribution in [2.75, 3.05) is 39.4 Å². The van der Waals surface area contributed by atoms with Crippen molar-refractivity contribution in [1.29, 1.82) is 0 Å². The van der Waals surface area contributed by atoms with Crippen LogP contribution in [-0.4, -0.2) is 83.5 Å². The van der Waals surface area contributed by atoms with Crippen molar-refractivity contribution in [2.45, 2.75) is 25.0 Å². The predicted molar refractivity (Wildman–Crippen MR) is 133 cm³/mol. The number of carboxylic acids is 2. The highest BCUT2D eigenvalue weighted by molar-refractivity contribution is 5.89. The fourth-order valence-corrected chi connectivity index (χ4v) is 4.24. The standard InChI is InChI=1S/C23H27FN2O3.C4H4O4/c24-20-8-6-18(7-9-20)16-21-17-26(23(27)29-21)22(19-4-2-1-3-5-19)10-11-25-12-14-28-15-13-25;5-3(6)1-2-4(7)8/h1-9,21-22H,10-17H2;1-2H,(H,5,6)(H,7,8)/b;2-1+. The fraction of sp³-hybridized carbons (Fsp3) is 0.370. The van der Waals surface area contributed by atoms with Gasteiger partial charge >= 0.3 is 18.0 Å². The van der Waals surface area contributed by atoms with Crippen molar-refractivity contribution >= 4 is 18.0 Å². The SMILES string of the molecule is O=C(O)/C=C/C(=O)O.O=C1OC(Cc2ccc(F)cc2)CN1C(CCN1CCOCC1)c1ccccc1. The first-order valence-electron chi connectivity index (χ1n) is 12.0. The molecule has 1 amide bonds. The van der Waals surface area contributed by atoms with E-state index in [1.165, 1.54) is 12.1 Å². The molecule has 37 heavy (non-hydrogen) atoms. The summed E-state index contributed by atoms with van der Waals surface area (Å²) < 4.78 is 24.2. The van der Waals surface area contributed by atoms with Gasteiger partial charge in [-0.2, -0.15) is 0 Å². The first-order chi connectivity index (χ1) is 17.8. The second kappa shape index (κ2) is 14.1. The van der Waals surface area contributed by atoms with Gasteiger partial charge in [-0.1, -0.05) is 42.5 Å². The molecule has 10 heteroatoms. The molecule has 4 rings (SSSR count). The molecule has 0 bridgehead atoms. The van der Waals surface area contributed by atoms with Gasteiger partial charge in [0.25, 0.3) is 0 Å². The van der Waals surface area contributed by atoms with Crippen LogP contribution in [-0.2, 0) is 25.5 Å². The van der Waals surface area contributed by atoms with E-state index in [4.69, 9.17) is 19.7 Å². The Kier molecular flexibility index (Phi) is 10.6. The molecule has 0 radical (unpaired) electrons. The van der Waals surface area contributed by atoms with Gasteiger partial charge < -0.3 is 19.7 Å². The lowest BCUT2D eigenvalue weighted by Crippen LogP contribution is -2.39. The van der Waals surface area contributed by atoms with Gasteiger partial charge in [-0.15, -0.1) is 0 Å². The van der Waals surface area contributed by atoms with E-state index in [0.717, 1.165) is 50.4 Å². The quantitative estimate of drug-likeness (QED) is 0.490. The number of hydrogen-bond acceptors (Lipinski definition) is 6. The van der Waals surface area contributed by atoms with E-state index in [1.54, 1.807) is 12.1 Å². The molecule has 2 atom stereocenters. The first-order valence-corrected chi connectivity index (χ1v) is 12.0. The number of nitrogens with zero attached hydrogens (tertiary/aromatic N) is 2. The van der Waals surface area contributed by atoms with Crippen LogP contribution in [0.1, 0.15) is 23.6 Å². The minimum Gasteiger partial charge on any atom is -0.478 e. The third-order valence-electron chi connectivity index (χ3n) is 6.03. The third-order valence-corrected chi connectivity index (χ3v) is 6.03. The summed E-state index contributed by atoms with van der Waals surface area (Å²) in [6.45, 7) is 4.84. The second-order valence-corrected chi connectivity index (χ2v) is 8.67. The van der Waals surface area contributed by atoms with E-state index in [9.17, 15) is 18.8 Å². The van der Waals surface area contributed by atoms with E-state index in [1.807, 2.05) is 23.1 Å². The molecule has 0 aliphatic carbocycles. The molecular weight excluding hydrogens is 483 g/mol. The Hall–Kier alpha value is -3.76. The summed E-state index contributed by atoms with van der Waals surface area (Å²) in [6.07, 6.45) is 2.07. The molecule has 0 saturated carbocycles. The third kappa shape index (κ3) is 9.32. The molecule has 9 nitrogen and oxygen atoms in total. The maximum atomic E-state index is 13.2. The number of hydrogen-bond donors (Lipinski definition) is 2. The number of aliphatic carboxylic acids is 2. The van der Waals surface area contributed by atoms with Crippen LogP contribution in [0.15, 0.2) is 66.7 Å². The van der Waals surface area contributed by atoms with E-state index in [2.05, 4.69) is 17.0 Å². The lowest BCUT2D eigenvalue weighted by atomic mass is 10.0. The minimum absolute atomic E-state index is 0.0234. The monoisotopic (exact) mass is 514 g/mol. The van der Waals surface area contributed by atoms with Crippen LogP contribution >= 0.6 is 0 Å². The molecule has 2 aliphatic heterocycles. The second-order valence-electron chi connectivity index (χ2n) is 8.67. The van der Waals surface area contributed by atoms with Gasteiger partial charge in [0.2, 0.25) is 0 Å². The van der Waals surface area contributed by atoms with Crippen LogP contribution in [0.5, 0.6) is 0 Å². The average molecular weight is 515 g/mol. The molecule has 2 heterocycles. The number of carboxylic acid groups (broad SMARTS) is 2. The molecule has 2 aromatic rings. The van der Waals surface area contributed by atoms with E-state index < -0.39 is 11.9 Å². The molecule has 2 saturated heterocycles. The van der Waals surface area contributed by atoms with Crippen molar-refractivity contribution < 1.29 is 38.5 Å². The Labute approximate surface area is 214 Å². The maximum Gasteiger partial charge on any atom is 0.410 e. The molecule has 2 aliphatic rings. The molecule has 2 aromatic carbocycles.